The molecule has 0 saturated heterocycles. The molecule has 0 unspecified atom stereocenters. The van der Waals surface area contributed by atoms with Gasteiger partial charge in [0.15, 0.2) is 5.76 Å². The van der Waals surface area contributed by atoms with Crippen molar-refractivity contribution in [1.29, 1.82) is 0 Å². The largest absolute Gasteiger partial charge is 0.457 e. The van der Waals surface area contributed by atoms with Crippen molar-refractivity contribution < 1.29 is 14.3 Å². The van der Waals surface area contributed by atoms with Crippen LogP contribution in [0, 0.1) is 0 Å². The summed E-state index contributed by atoms with van der Waals surface area (Å²) in [5, 5.41) is 0. The van der Waals surface area contributed by atoms with Gasteiger partial charge in [0.2, 0.25) is 5.76 Å². The molecular weight excluding hydrogens is 194 g/mol. The highest BCUT2D eigenvalue weighted by Crippen LogP contribution is 2.24. The van der Waals surface area contributed by atoms with Gasteiger partial charge in [-0.2, -0.15) is 0 Å². The molecule has 2 N–H and O–H groups in total. The van der Waals surface area contributed by atoms with Crippen molar-refractivity contribution in [1.82, 2.24) is 0 Å². The van der Waals surface area contributed by atoms with Crippen LogP contribution in [0.4, 0.5) is 0 Å². The van der Waals surface area contributed by atoms with E-state index in [4.69, 9.17) is 15.2 Å². The van der Waals surface area contributed by atoms with Gasteiger partial charge < -0.3 is 15.2 Å². The lowest BCUT2D eigenvalue weighted by molar-refractivity contribution is -0.117. The zero-order valence-corrected chi connectivity index (χ0v) is 7.84. The van der Waals surface area contributed by atoms with Gasteiger partial charge in [-0.1, -0.05) is 30.3 Å². The molecule has 4 nitrogen and oxygen atoms in total. The van der Waals surface area contributed by atoms with Gasteiger partial charge in [-0.3, -0.25) is 4.79 Å². The molecule has 15 heavy (non-hydrogen) atoms. The van der Waals surface area contributed by atoms with Crippen LogP contribution >= 0.6 is 0 Å². The van der Waals surface area contributed by atoms with Gasteiger partial charge >= 0.3 is 0 Å². The first-order chi connectivity index (χ1) is 7.29. The average Bonchev–Trinajstić information content (AvgIpc) is 2.30. The third-order valence-corrected chi connectivity index (χ3v) is 1.89. The molecule has 2 rings (SSSR count). The maximum absolute atomic E-state index is 11.1. The second kappa shape index (κ2) is 3.88. The molecule has 1 aromatic rings. The summed E-state index contributed by atoms with van der Waals surface area (Å²) >= 11 is 0. The molecule has 0 spiro atoms. The summed E-state index contributed by atoms with van der Waals surface area (Å²) in [6.07, 6.45) is 2.63. The van der Waals surface area contributed by atoms with Crippen LogP contribution in [-0.4, -0.2) is 5.91 Å². The summed E-state index contributed by atoms with van der Waals surface area (Å²) < 4.78 is 10.2. The Balaban J connectivity index is 2.45. The minimum Gasteiger partial charge on any atom is -0.457 e. The normalized spacial score (nSPS) is 14.4. The second-order valence-electron chi connectivity index (χ2n) is 2.90. The topological polar surface area (TPSA) is 61.6 Å². The van der Waals surface area contributed by atoms with Crippen LogP contribution in [0.3, 0.4) is 0 Å². The van der Waals surface area contributed by atoms with Gasteiger partial charge in [0, 0.05) is 5.56 Å². The SMILES string of the molecule is NC(=O)C1=C(c2ccccc2)OC=CO1. The van der Waals surface area contributed by atoms with E-state index in [1.165, 1.54) is 12.5 Å². The fraction of sp³-hybridized carbons (Fsp3) is 0. The molecule has 4 heteroatoms. The Morgan fingerprint density at radius 1 is 1.07 bits per heavy atom. The molecule has 0 radical (unpaired) electrons. The summed E-state index contributed by atoms with van der Waals surface area (Å²) in [7, 11) is 0. The van der Waals surface area contributed by atoms with Gasteiger partial charge in [0.1, 0.15) is 12.5 Å². The van der Waals surface area contributed by atoms with Crippen molar-refractivity contribution in [2.24, 2.45) is 5.73 Å². The number of ether oxygens (including phenoxy) is 2. The Kier molecular flexibility index (Phi) is 2.41. The third kappa shape index (κ3) is 1.83. The molecule has 0 fully saturated rings. The molecule has 1 aliphatic rings. The monoisotopic (exact) mass is 203 g/mol. The first-order valence-electron chi connectivity index (χ1n) is 4.37. The summed E-state index contributed by atoms with van der Waals surface area (Å²) in [4.78, 5) is 11.1. The molecule has 0 saturated carbocycles. The molecule has 1 aliphatic heterocycles. The smallest absolute Gasteiger partial charge is 0.288 e. The molecule has 1 aromatic carbocycles. The van der Waals surface area contributed by atoms with E-state index in [1.807, 2.05) is 18.2 Å². The highest BCUT2D eigenvalue weighted by atomic mass is 16.5. The maximum Gasteiger partial charge on any atom is 0.288 e. The van der Waals surface area contributed by atoms with Crippen molar-refractivity contribution in [3.63, 3.8) is 0 Å². The number of benzene rings is 1. The highest BCUT2D eigenvalue weighted by Gasteiger charge is 2.19. The number of rotatable bonds is 2. The van der Waals surface area contributed by atoms with Gasteiger partial charge in [-0.25, -0.2) is 0 Å². The van der Waals surface area contributed by atoms with Crippen LogP contribution in [0.1, 0.15) is 5.56 Å². The molecule has 76 valence electrons. The Morgan fingerprint density at radius 2 is 1.73 bits per heavy atom. The Labute approximate surface area is 86.6 Å². The van der Waals surface area contributed by atoms with Crippen molar-refractivity contribution in [3.8, 4) is 0 Å². The highest BCUT2D eigenvalue weighted by molar-refractivity contribution is 5.97. The molecular formula is C11H9NO3. The summed E-state index contributed by atoms with van der Waals surface area (Å²) in [6, 6.07) is 9.15. The lowest BCUT2D eigenvalue weighted by Crippen LogP contribution is -2.18. The Hall–Kier alpha value is -2.23. The summed E-state index contributed by atoms with van der Waals surface area (Å²) in [6.45, 7) is 0. The average molecular weight is 203 g/mol. The van der Waals surface area contributed by atoms with Gasteiger partial charge in [0.25, 0.3) is 5.91 Å². The predicted molar refractivity (Wildman–Crippen MR) is 53.9 cm³/mol. The van der Waals surface area contributed by atoms with E-state index >= 15 is 0 Å². The fourth-order valence-electron chi connectivity index (χ4n) is 1.26. The van der Waals surface area contributed by atoms with E-state index in [-0.39, 0.29) is 5.76 Å². The van der Waals surface area contributed by atoms with Crippen LogP contribution in [0.2, 0.25) is 0 Å². The minimum atomic E-state index is -0.654. The number of amides is 1. The van der Waals surface area contributed by atoms with E-state index < -0.39 is 5.91 Å². The second-order valence-corrected chi connectivity index (χ2v) is 2.90. The van der Waals surface area contributed by atoms with Gasteiger partial charge in [0.05, 0.1) is 0 Å². The van der Waals surface area contributed by atoms with Crippen LogP contribution in [0.15, 0.2) is 48.6 Å². The lowest BCUT2D eigenvalue weighted by Gasteiger charge is -2.14. The third-order valence-electron chi connectivity index (χ3n) is 1.89. The van der Waals surface area contributed by atoms with Crippen LogP contribution in [-0.2, 0) is 14.3 Å². The first-order valence-corrected chi connectivity index (χ1v) is 4.37. The molecule has 0 aromatic heterocycles. The van der Waals surface area contributed by atoms with Gasteiger partial charge in [-0.15, -0.1) is 0 Å². The van der Waals surface area contributed by atoms with Crippen molar-refractivity contribution >= 4 is 11.7 Å². The van der Waals surface area contributed by atoms with Crippen LogP contribution in [0.25, 0.3) is 5.76 Å². The van der Waals surface area contributed by atoms with Crippen molar-refractivity contribution in [2.75, 3.05) is 0 Å². The maximum atomic E-state index is 11.1. The van der Waals surface area contributed by atoms with E-state index in [2.05, 4.69) is 0 Å². The molecule has 1 amide bonds. The van der Waals surface area contributed by atoms with Crippen LogP contribution < -0.4 is 5.73 Å². The van der Waals surface area contributed by atoms with E-state index in [1.54, 1.807) is 12.1 Å². The minimum absolute atomic E-state index is 0.0173. The molecule has 0 bridgehead atoms. The quantitative estimate of drug-likeness (QED) is 0.789. The van der Waals surface area contributed by atoms with E-state index in [9.17, 15) is 4.79 Å². The Morgan fingerprint density at radius 3 is 2.40 bits per heavy atom. The zero-order chi connectivity index (χ0) is 10.7. The Bertz CT molecular complexity index is 434. The number of nitrogens with two attached hydrogens (primary N) is 1. The number of hydrogen-bond acceptors (Lipinski definition) is 3. The molecule has 0 atom stereocenters. The number of carbonyl (C=O) groups excluding carboxylic acids is 1. The molecule has 0 aliphatic carbocycles. The summed E-state index contributed by atoms with van der Waals surface area (Å²) in [5.41, 5.74) is 5.91. The standard InChI is InChI=1S/C11H9NO3/c12-11(13)10-9(14-6-7-15-10)8-4-2-1-3-5-8/h1-7H,(H2,12,13). The zero-order valence-electron chi connectivity index (χ0n) is 7.84. The van der Waals surface area contributed by atoms with Crippen LogP contribution in [0.5, 0.6) is 0 Å². The predicted octanol–water partition coefficient (Wildman–Crippen LogP) is 1.36. The van der Waals surface area contributed by atoms with Gasteiger partial charge in [-0.05, 0) is 0 Å². The summed E-state index contributed by atoms with van der Waals surface area (Å²) in [5.74, 6) is -0.299. The lowest BCUT2D eigenvalue weighted by atomic mass is 10.1. The number of hydrogen-bond donors (Lipinski definition) is 1. The van der Waals surface area contributed by atoms with Crippen molar-refractivity contribution in [2.45, 2.75) is 0 Å². The number of primary amides is 1. The molecule has 1 heterocycles. The fourth-order valence-corrected chi connectivity index (χ4v) is 1.26. The first kappa shape index (κ1) is 9.33. The van der Waals surface area contributed by atoms with E-state index in [0.29, 0.717) is 5.76 Å². The van der Waals surface area contributed by atoms with E-state index in [0.717, 1.165) is 5.56 Å². The number of carbonyl (C=O) groups is 1. The van der Waals surface area contributed by atoms with Crippen molar-refractivity contribution in [3.05, 3.63) is 54.2 Å².